The molecule has 0 saturated carbocycles. The molecule has 0 spiro atoms. The number of methoxy groups -OCH3 is 1. The van der Waals surface area contributed by atoms with Gasteiger partial charge in [-0.05, 0) is 61.4 Å². The molecule has 1 aliphatic rings. The van der Waals surface area contributed by atoms with Crippen LogP contribution in [-0.2, 0) is 16.0 Å². The van der Waals surface area contributed by atoms with E-state index in [0.717, 1.165) is 10.5 Å². The smallest absolute Gasteiger partial charge is 0.335 e. The molecule has 160 valence electrons. The predicted octanol–water partition coefficient (Wildman–Crippen LogP) is 4.14. The summed E-state index contributed by atoms with van der Waals surface area (Å²) in [6.07, 6.45) is 3.63. The zero-order valence-corrected chi connectivity index (χ0v) is 17.9. The third-order valence-electron chi connectivity index (χ3n) is 4.52. The van der Waals surface area contributed by atoms with Gasteiger partial charge in [-0.2, -0.15) is 0 Å². The lowest BCUT2D eigenvalue weighted by Gasteiger charge is -2.26. The van der Waals surface area contributed by atoms with Crippen LogP contribution in [0.2, 0.25) is 5.02 Å². The van der Waals surface area contributed by atoms with Gasteiger partial charge in [-0.3, -0.25) is 14.9 Å². The fourth-order valence-corrected chi connectivity index (χ4v) is 3.34. The van der Waals surface area contributed by atoms with Gasteiger partial charge in [-0.15, -0.1) is 6.58 Å². The summed E-state index contributed by atoms with van der Waals surface area (Å²) in [4.78, 5) is 38.7. The van der Waals surface area contributed by atoms with Crippen LogP contribution in [0.1, 0.15) is 18.1 Å². The maximum Gasteiger partial charge on any atom is 0.335 e. The van der Waals surface area contributed by atoms with Gasteiger partial charge in [0.25, 0.3) is 11.8 Å². The highest BCUT2D eigenvalue weighted by molar-refractivity contribution is 6.39. The van der Waals surface area contributed by atoms with E-state index in [1.54, 1.807) is 30.3 Å². The van der Waals surface area contributed by atoms with Crippen molar-refractivity contribution in [2.24, 2.45) is 0 Å². The lowest BCUT2D eigenvalue weighted by atomic mass is 10.0. The SMILES string of the molecule is C=CCc1cc(/C=C2\C(=O)NC(=O)N(c3ccc(Cl)cc3)C2=O)cc(OCC)c1OC. The molecule has 7 nitrogen and oxygen atoms in total. The molecular weight excluding hydrogens is 420 g/mol. The molecule has 4 amide bonds. The first kappa shape index (κ1) is 22.1. The Morgan fingerprint density at radius 3 is 2.48 bits per heavy atom. The Bertz CT molecular complexity index is 1080. The van der Waals surface area contributed by atoms with E-state index < -0.39 is 17.8 Å². The molecule has 1 N–H and O–H groups in total. The van der Waals surface area contributed by atoms with Crippen molar-refractivity contribution in [1.29, 1.82) is 0 Å². The van der Waals surface area contributed by atoms with Gasteiger partial charge in [0.1, 0.15) is 5.57 Å². The molecule has 2 aromatic carbocycles. The van der Waals surface area contributed by atoms with E-state index in [-0.39, 0.29) is 5.57 Å². The summed E-state index contributed by atoms with van der Waals surface area (Å²) in [5.41, 5.74) is 1.43. The number of carbonyl (C=O) groups excluding carboxylic acids is 3. The van der Waals surface area contributed by atoms with Crippen LogP contribution in [0.3, 0.4) is 0 Å². The second kappa shape index (κ2) is 9.49. The maximum absolute atomic E-state index is 13.1. The lowest BCUT2D eigenvalue weighted by molar-refractivity contribution is -0.122. The number of ether oxygens (including phenoxy) is 2. The topological polar surface area (TPSA) is 84.9 Å². The number of hydrogen-bond acceptors (Lipinski definition) is 5. The van der Waals surface area contributed by atoms with Gasteiger partial charge in [0, 0.05) is 10.6 Å². The normalized spacial score (nSPS) is 15.1. The number of anilines is 1. The summed E-state index contributed by atoms with van der Waals surface area (Å²) < 4.78 is 11.1. The minimum absolute atomic E-state index is 0.188. The summed E-state index contributed by atoms with van der Waals surface area (Å²) in [5, 5.41) is 2.65. The van der Waals surface area contributed by atoms with E-state index in [9.17, 15) is 14.4 Å². The summed E-state index contributed by atoms with van der Waals surface area (Å²) in [6.45, 7) is 5.99. The number of allylic oxidation sites excluding steroid dienone is 1. The third kappa shape index (κ3) is 4.62. The molecule has 8 heteroatoms. The Balaban J connectivity index is 2.07. The molecule has 3 rings (SSSR count). The number of nitrogens with one attached hydrogen (secondary N) is 1. The highest BCUT2D eigenvalue weighted by Crippen LogP contribution is 2.34. The van der Waals surface area contributed by atoms with Crippen LogP contribution in [-0.4, -0.2) is 31.6 Å². The van der Waals surface area contributed by atoms with E-state index in [1.807, 2.05) is 6.92 Å². The van der Waals surface area contributed by atoms with E-state index in [0.29, 0.717) is 40.8 Å². The van der Waals surface area contributed by atoms with E-state index >= 15 is 0 Å². The van der Waals surface area contributed by atoms with Crippen molar-refractivity contribution in [1.82, 2.24) is 5.32 Å². The fourth-order valence-electron chi connectivity index (χ4n) is 3.22. The molecule has 1 aliphatic heterocycles. The summed E-state index contributed by atoms with van der Waals surface area (Å²) in [5.74, 6) is -0.485. The number of nitrogens with zero attached hydrogens (tertiary/aromatic N) is 1. The standard InChI is InChI=1S/C23H21ClN2O5/c1-4-6-15-11-14(13-19(31-5-2)20(15)30-3)12-18-21(27)25-23(29)26(22(18)28)17-9-7-16(24)8-10-17/h4,7-13H,1,5-6H2,2-3H3,(H,25,27,29)/b18-12+. The molecule has 0 atom stereocenters. The molecule has 31 heavy (non-hydrogen) atoms. The van der Waals surface area contributed by atoms with Gasteiger partial charge in [-0.1, -0.05) is 17.7 Å². The molecule has 0 unspecified atom stereocenters. The van der Waals surface area contributed by atoms with Gasteiger partial charge < -0.3 is 9.47 Å². The van der Waals surface area contributed by atoms with E-state index in [1.165, 1.54) is 25.3 Å². The molecule has 0 aliphatic carbocycles. The zero-order valence-electron chi connectivity index (χ0n) is 17.1. The summed E-state index contributed by atoms with van der Waals surface area (Å²) in [7, 11) is 1.54. The Kier molecular flexibility index (Phi) is 6.77. The highest BCUT2D eigenvalue weighted by Gasteiger charge is 2.36. The second-order valence-electron chi connectivity index (χ2n) is 6.57. The minimum atomic E-state index is -0.827. The number of benzene rings is 2. The number of halogens is 1. The maximum atomic E-state index is 13.1. The van der Waals surface area contributed by atoms with Crippen molar-refractivity contribution < 1.29 is 23.9 Å². The molecule has 0 bridgehead atoms. The van der Waals surface area contributed by atoms with Crippen molar-refractivity contribution in [2.45, 2.75) is 13.3 Å². The highest BCUT2D eigenvalue weighted by atomic mass is 35.5. The van der Waals surface area contributed by atoms with Gasteiger partial charge in [0.2, 0.25) is 0 Å². The number of urea groups is 1. The van der Waals surface area contributed by atoms with Crippen LogP contribution in [0.25, 0.3) is 6.08 Å². The third-order valence-corrected chi connectivity index (χ3v) is 4.77. The second-order valence-corrected chi connectivity index (χ2v) is 7.01. The first-order valence-corrected chi connectivity index (χ1v) is 9.89. The largest absolute Gasteiger partial charge is 0.493 e. The minimum Gasteiger partial charge on any atom is -0.493 e. The Morgan fingerprint density at radius 1 is 1.16 bits per heavy atom. The molecule has 1 saturated heterocycles. The first-order chi connectivity index (χ1) is 14.9. The molecule has 1 heterocycles. The number of hydrogen-bond donors (Lipinski definition) is 1. The van der Waals surface area contributed by atoms with Gasteiger partial charge in [0.05, 0.1) is 19.4 Å². The number of rotatable bonds is 7. The molecule has 0 aromatic heterocycles. The predicted molar refractivity (Wildman–Crippen MR) is 119 cm³/mol. The van der Waals surface area contributed by atoms with E-state index in [4.69, 9.17) is 21.1 Å². The average molecular weight is 441 g/mol. The molecule has 0 radical (unpaired) electrons. The number of barbiturate groups is 1. The fraction of sp³-hybridized carbons (Fsp3) is 0.174. The van der Waals surface area contributed by atoms with Crippen molar-refractivity contribution in [2.75, 3.05) is 18.6 Å². The van der Waals surface area contributed by atoms with Crippen LogP contribution in [0.4, 0.5) is 10.5 Å². The number of carbonyl (C=O) groups is 3. The first-order valence-electron chi connectivity index (χ1n) is 9.51. The monoisotopic (exact) mass is 440 g/mol. The van der Waals surface area contributed by atoms with Gasteiger partial charge in [0.15, 0.2) is 11.5 Å². The van der Waals surface area contributed by atoms with Crippen LogP contribution in [0, 0.1) is 0 Å². The molecular formula is C23H21ClN2O5. The van der Waals surface area contributed by atoms with Crippen LogP contribution >= 0.6 is 11.6 Å². The van der Waals surface area contributed by atoms with Crippen LogP contribution < -0.4 is 19.7 Å². The Labute approximate surface area is 184 Å². The van der Waals surface area contributed by atoms with E-state index in [2.05, 4.69) is 11.9 Å². The van der Waals surface area contributed by atoms with Crippen molar-refractivity contribution in [3.05, 3.63) is 70.8 Å². The Hall–Kier alpha value is -3.58. The van der Waals surface area contributed by atoms with Crippen molar-refractivity contribution in [3.63, 3.8) is 0 Å². The Morgan fingerprint density at radius 2 is 1.87 bits per heavy atom. The van der Waals surface area contributed by atoms with Crippen LogP contribution in [0.5, 0.6) is 11.5 Å². The van der Waals surface area contributed by atoms with Crippen molar-refractivity contribution in [3.8, 4) is 11.5 Å². The zero-order chi connectivity index (χ0) is 22.5. The summed E-state index contributed by atoms with van der Waals surface area (Å²) in [6, 6.07) is 8.77. The van der Waals surface area contributed by atoms with Gasteiger partial charge >= 0.3 is 6.03 Å². The summed E-state index contributed by atoms with van der Waals surface area (Å²) >= 11 is 5.89. The van der Waals surface area contributed by atoms with Crippen molar-refractivity contribution >= 4 is 41.2 Å². The lowest BCUT2D eigenvalue weighted by Crippen LogP contribution is -2.54. The molecule has 1 fully saturated rings. The van der Waals surface area contributed by atoms with Crippen LogP contribution in [0.15, 0.2) is 54.6 Å². The number of imide groups is 2. The van der Waals surface area contributed by atoms with Gasteiger partial charge in [-0.25, -0.2) is 9.69 Å². The number of amides is 4. The average Bonchev–Trinajstić information content (AvgIpc) is 2.73. The quantitative estimate of drug-likeness (QED) is 0.397. The molecule has 2 aromatic rings.